The first-order valence-electron chi connectivity index (χ1n) is 9.34. The molecule has 2 aromatic carbocycles. The van der Waals surface area contributed by atoms with Gasteiger partial charge in [0.1, 0.15) is 4.90 Å². The molecule has 7 nitrogen and oxygen atoms in total. The third-order valence-corrected chi connectivity index (χ3v) is 5.58. The molecule has 3 rings (SSSR count). The maximum Gasteiger partial charge on any atom is 0.417 e. The van der Waals surface area contributed by atoms with E-state index in [9.17, 15) is 39.6 Å². The number of benzene rings is 2. The average molecular weight is 517 g/mol. The van der Waals surface area contributed by atoms with E-state index in [4.69, 9.17) is 4.18 Å². The minimum atomic E-state index is -4.81. The van der Waals surface area contributed by atoms with Crippen molar-refractivity contribution >= 4 is 22.2 Å². The summed E-state index contributed by atoms with van der Waals surface area (Å²) in [6.07, 6.45) is -6.98. The lowest BCUT2D eigenvalue weighted by molar-refractivity contribution is -0.138. The molecule has 0 bridgehead atoms. The molecule has 0 unspecified atom stereocenters. The van der Waals surface area contributed by atoms with Crippen molar-refractivity contribution in [3.63, 3.8) is 0 Å². The Bertz CT molecular complexity index is 1350. The highest BCUT2D eigenvalue weighted by atomic mass is 32.2. The quantitative estimate of drug-likeness (QED) is 0.222. The summed E-state index contributed by atoms with van der Waals surface area (Å²) in [5.74, 6) is -1.53. The standard InChI is InChI=1S/C21H13F6N3O4S/c22-20(23,24)14-5-7-15(8-6-14)35(32,33)34-18-4-2-1-3-13(18)11-29-30-19(31)16-12-28-10-9-17(16)21(25,26)27/h1-12H,(H,30,31)/b29-11+. The fourth-order valence-electron chi connectivity index (χ4n) is 2.68. The number of aromatic nitrogens is 1. The lowest BCUT2D eigenvalue weighted by Gasteiger charge is -2.11. The van der Waals surface area contributed by atoms with E-state index in [1.54, 1.807) is 0 Å². The number of hydrazone groups is 1. The van der Waals surface area contributed by atoms with Crippen LogP contribution in [0.15, 0.2) is 77.0 Å². The van der Waals surface area contributed by atoms with E-state index in [-0.39, 0.29) is 11.3 Å². The molecule has 0 fully saturated rings. The molecule has 0 aliphatic rings. The van der Waals surface area contributed by atoms with Gasteiger partial charge in [-0.05, 0) is 42.5 Å². The van der Waals surface area contributed by atoms with Gasteiger partial charge in [0, 0.05) is 18.0 Å². The number of alkyl halides is 6. The number of carbonyl (C=O) groups is 1. The molecule has 1 aromatic heterocycles. The first-order chi connectivity index (χ1) is 16.3. The van der Waals surface area contributed by atoms with Crippen LogP contribution in [0.4, 0.5) is 26.3 Å². The zero-order valence-electron chi connectivity index (χ0n) is 17.1. The normalized spacial score (nSPS) is 12.5. The summed E-state index contributed by atoms with van der Waals surface area (Å²) < 4.78 is 107. The number of hydrogen-bond donors (Lipinski definition) is 1. The minimum Gasteiger partial charge on any atom is -0.378 e. The summed E-state index contributed by atoms with van der Waals surface area (Å²) >= 11 is 0. The van der Waals surface area contributed by atoms with Crippen molar-refractivity contribution in [3.8, 4) is 5.75 Å². The lowest BCUT2D eigenvalue weighted by Crippen LogP contribution is -2.22. The molecular formula is C21H13F6N3O4S. The van der Waals surface area contributed by atoms with Gasteiger partial charge >= 0.3 is 22.5 Å². The molecule has 0 saturated heterocycles. The summed E-state index contributed by atoms with van der Waals surface area (Å²) in [4.78, 5) is 15.1. The number of amides is 1. The highest BCUT2D eigenvalue weighted by Crippen LogP contribution is 2.32. The molecule has 1 amide bonds. The Kier molecular flexibility index (Phi) is 7.14. The number of rotatable bonds is 6. The van der Waals surface area contributed by atoms with Crippen molar-refractivity contribution in [3.05, 3.63) is 89.2 Å². The molecule has 0 spiro atoms. The number of halogens is 6. The Morgan fingerprint density at radius 2 is 1.60 bits per heavy atom. The van der Waals surface area contributed by atoms with Gasteiger partial charge in [0.25, 0.3) is 5.91 Å². The van der Waals surface area contributed by atoms with Crippen LogP contribution in [0.1, 0.15) is 27.0 Å². The van der Waals surface area contributed by atoms with E-state index in [0.29, 0.717) is 24.4 Å². The maximum absolute atomic E-state index is 13.1. The summed E-state index contributed by atoms with van der Waals surface area (Å²) in [7, 11) is -4.55. The van der Waals surface area contributed by atoms with Gasteiger partial charge < -0.3 is 4.18 Å². The fraction of sp³-hybridized carbons (Fsp3) is 0.0952. The van der Waals surface area contributed by atoms with E-state index in [1.165, 1.54) is 24.3 Å². The van der Waals surface area contributed by atoms with E-state index >= 15 is 0 Å². The van der Waals surface area contributed by atoms with E-state index in [0.717, 1.165) is 24.5 Å². The predicted molar refractivity (Wildman–Crippen MR) is 110 cm³/mol. The first kappa shape index (κ1) is 25.7. The van der Waals surface area contributed by atoms with Crippen molar-refractivity contribution in [2.24, 2.45) is 5.10 Å². The number of nitrogens with one attached hydrogen (secondary N) is 1. The molecule has 14 heteroatoms. The molecule has 35 heavy (non-hydrogen) atoms. The molecular weight excluding hydrogens is 504 g/mol. The summed E-state index contributed by atoms with van der Waals surface area (Å²) in [6.45, 7) is 0. The van der Waals surface area contributed by atoms with Crippen molar-refractivity contribution in [2.45, 2.75) is 17.2 Å². The molecule has 0 radical (unpaired) electrons. The monoisotopic (exact) mass is 517 g/mol. The SMILES string of the molecule is O=C(N/N=C/c1ccccc1OS(=O)(=O)c1ccc(C(F)(F)F)cc1)c1cnccc1C(F)(F)F. The second kappa shape index (κ2) is 9.74. The van der Waals surface area contributed by atoms with Gasteiger partial charge in [-0.3, -0.25) is 9.78 Å². The van der Waals surface area contributed by atoms with Crippen LogP contribution >= 0.6 is 0 Å². The third-order valence-electron chi connectivity index (χ3n) is 4.33. The van der Waals surface area contributed by atoms with Gasteiger partial charge in [-0.25, -0.2) is 5.43 Å². The van der Waals surface area contributed by atoms with E-state index in [2.05, 4.69) is 10.1 Å². The lowest BCUT2D eigenvalue weighted by atomic mass is 10.1. The number of nitrogens with zero attached hydrogens (tertiary/aromatic N) is 2. The molecule has 3 aromatic rings. The van der Waals surface area contributed by atoms with Crippen LogP contribution in [0, 0.1) is 0 Å². The van der Waals surface area contributed by atoms with Crippen molar-refractivity contribution in [2.75, 3.05) is 0 Å². The summed E-state index contributed by atoms with van der Waals surface area (Å²) in [5, 5.41) is 3.52. The van der Waals surface area contributed by atoms with Gasteiger partial charge in [0.15, 0.2) is 5.75 Å². The summed E-state index contributed by atoms with van der Waals surface area (Å²) in [5.41, 5.74) is -1.20. The van der Waals surface area contributed by atoms with E-state index in [1.807, 2.05) is 5.43 Å². The smallest absolute Gasteiger partial charge is 0.378 e. The third kappa shape index (κ3) is 6.35. The highest BCUT2D eigenvalue weighted by molar-refractivity contribution is 7.87. The zero-order valence-corrected chi connectivity index (χ0v) is 17.9. The molecule has 1 N–H and O–H groups in total. The second-order valence-electron chi connectivity index (χ2n) is 6.72. The van der Waals surface area contributed by atoms with Crippen LogP contribution in [0.5, 0.6) is 5.75 Å². The minimum absolute atomic E-state index is 0.00878. The topological polar surface area (TPSA) is 97.7 Å². The molecule has 0 aliphatic heterocycles. The molecule has 1 heterocycles. The van der Waals surface area contributed by atoms with E-state index < -0.39 is 50.0 Å². The second-order valence-corrected chi connectivity index (χ2v) is 8.26. The number of hydrogen-bond acceptors (Lipinski definition) is 6. The number of carbonyl (C=O) groups excluding carboxylic acids is 1. The summed E-state index contributed by atoms with van der Waals surface area (Å²) in [6, 6.07) is 8.57. The Hall–Kier alpha value is -3.94. The van der Waals surface area contributed by atoms with Gasteiger partial charge in [-0.15, -0.1) is 0 Å². The van der Waals surface area contributed by atoms with Crippen LogP contribution < -0.4 is 9.61 Å². The van der Waals surface area contributed by atoms with Crippen LogP contribution in [0.3, 0.4) is 0 Å². The Morgan fingerprint density at radius 1 is 0.943 bits per heavy atom. The van der Waals surface area contributed by atoms with Gasteiger partial charge in [0.2, 0.25) is 0 Å². The Morgan fingerprint density at radius 3 is 2.23 bits per heavy atom. The average Bonchev–Trinajstić information content (AvgIpc) is 2.79. The predicted octanol–water partition coefficient (Wildman–Crippen LogP) is 4.65. The van der Waals surface area contributed by atoms with Crippen molar-refractivity contribution in [1.82, 2.24) is 10.4 Å². The van der Waals surface area contributed by atoms with Gasteiger partial charge in [0.05, 0.1) is 22.9 Å². The van der Waals surface area contributed by atoms with Crippen molar-refractivity contribution < 1.29 is 43.7 Å². The highest BCUT2D eigenvalue weighted by Gasteiger charge is 2.35. The molecule has 184 valence electrons. The van der Waals surface area contributed by atoms with Gasteiger partial charge in [-0.2, -0.15) is 39.9 Å². The van der Waals surface area contributed by atoms with Crippen LogP contribution in [-0.4, -0.2) is 25.5 Å². The zero-order chi connectivity index (χ0) is 25.9. The first-order valence-corrected chi connectivity index (χ1v) is 10.8. The molecule has 0 saturated carbocycles. The largest absolute Gasteiger partial charge is 0.417 e. The fourth-order valence-corrected chi connectivity index (χ4v) is 3.64. The Labute approximate surface area is 194 Å². The van der Waals surface area contributed by atoms with Crippen LogP contribution in [0.25, 0.3) is 0 Å². The van der Waals surface area contributed by atoms with Crippen LogP contribution in [-0.2, 0) is 22.5 Å². The number of para-hydroxylation sites is 1. The number of pyridine rings is 1. The Balaban J connectivity index is 1.78. The maximum atomic E-state index is 13.1. The van der Waals surface area contributed by atoms with Crippen molar-refractivity contribution in [1.29, 1.82) is 0 Å². The van der Waals surface area contributed by atoms with Crippen LogP contribution in [0.2, 0.25) is 0 Å². The molecule has 0 aliphatic carbocycles. The molecule has 0 atom stereocenters. The van der Waals surface area contributed by atoms with Gasteiger partial charge in [-0.1, -0.05) is 12.1 Å².